The van der Waals surface area contributed by atoms with E-state index in [0.29, 0.717) is 6.04 Å². The monoisotopic (exact) mass is 222 g/mol. The Kier molecular flexibility index (Phi) is 3.13. The van der Waals surface area contributed by atoms with E-state index < -0.39 is 0 Å². The molecule has 1 N–H and O–H groups in total. The average Bonchev–Trinajstić information content (AvgIpc) is 2.85. The van der Waals surface area contributed by atoms with Gasteiger partial charge in [0.05, 0.1) is 11.2 Å². The van der Waals surface area contributed by atoms with Gasteiger partial charge in [0.2, 0.25) is 0 Å². The third-order valence-electron chi connectivity index (χ3n) is 2.34. The molecule has 1 atom stereocenters. The van der Waals surface area contributed by atoms with Gasteiger partial charge >= 0.3 is 0 Å². The van der Waals surface area contributed by atoms with Crippen molar-refractivity contribution in [3.8, 4) is 0 Å². The standard InChI is InChI=1S/C10H14N4S/c1-11-9(5-10-12-3-4-15-10)8-6-13-14(2)7-8/h3-4,6-7,9,11H,5H2,1-2H3. The van der Waals surface area contributed by atoms with Crippen LogP contribution in [0.25, 0.3) is 0 Å². The molecular formula is C10H14N4S. The van der Waals surface area contributed by atoms with Crippen LogP contribution in [0.2, 0.25) is 0 Å². The average molecular weight is 222 g/mol. The molecule has 0 aliphatic rings. The first kappa shape index (κ1) is 10.3. The maximum atomic E-state index is 4.29. The Morgan fingerprint density at radius 2 is 2.47 bits per heavy atom. The number of aromatic nitrogens is 3. The molecule has 2 heterocycles. The number of aryl methyl sites for hydroxylation is 1. The van der Waals surface area contributed by atoms with Gasteiger partial charge in [0, 0.05) is 42.8 Å². The van der Waals surface area contributed by atoms with Gasteiger partial charge in [-0.2, -0.15) is 5.10 Å². The predicted molar refractivity (Wildman–Crippen MR) is 60.8 cm³/mol. The van der Waals surface area contributed by atoms with Crippen molar-refractivity contribution in [3.05, 3.63) is 34.5 Å². The molecule has 15 heavy (non-hydrogen) atoms. The highest BCUT2D eigenvalue weighted by Gasteiger charge is 2.12. The van der Waals surface area contributed by atoms with Crippen molar-refractivity contribution in [3.63, 3.8) is 0 Å². The summed E-state index contributed by atoms with van der Waals surface area (Å²) in [6.07, 6.45) is 6.69. The lowest BCUT2D eigenvalue weighted by atomic mass is 10.1. The number of rotatable bonds is 4. The summed E-state index contributed by atoms with van der Waals surface area (Å²) in [6.45, 7) is 0. The Bertz CT molecular complexity index is 407. The van der Waals surface area contributed by atoms with Crippen molar-refractivity contribution in [2.24, 2.45) is 7.05 Å². The molecule has 0 aromatic carbocycles. The number of nitrogens with zero attached hydrogens (tertiary/aromatic N) is 3. The maximum absolute atomic E-state index is 4.29. The third-order valence-corrected chi connectivity index (χ3v) is 3.14. The lowest BCUT2D eigenvalue weighted by Crippen LogP contribution is -2.18. The van der Waals surface area contributed by atoms with E-state index in [1.54, 1.807) is 11.3 Å². The Morgan fingerprint density at radius 1 is 1.60 bits per heavy atom. The quantitative estimate of drug-likeness (QED) is 0.850. The van der Waals surface area contributed by atoms with Crippen LogP contribution in [0.4, 0.5) is 0 Å². The molecule has 1 unspecified atom stereocenters. The minimum Gasteiger partial charge on any atom is -0.313 e. The number of nitrogens with one attached hydrogen (secondary N) is 1. The Hall–Kier alpha value is -1.20. The van der Waals surface area contributed by atoms with E-state index in [1.807, 2.05) is 42.7 Å². The van der Waals surface area contributed by atoms with E-state index in [0.717, 1.165) is 11.4 Å². The zero-order valence-electron chi connectivity index (χ0n) is 8.84. The molecule has 80 valence electrons. The normalized spacial score (nSPS) is 12.9. The van der Waals surface area contributed by atoms with Crippen LogP contribution >= 0.6 is 11.3 Å². The molecule has 0 bridgehead atoms. The molecule has 4 nitrogen and oxygen atoms in total. The first-order chi connectivity index (χ1) is 7.29. The van der Waals surface area contributed by atoms with Crippen molar-refractivity contribution in [2.75, 3.05) is 7.05 Å². The van der Waals surface area contributed by atoms with Gasteiger partial charge in [0.15, 0.2) is 0 Å². The van der Waals surface area contributed by atoms with Crippen LogP contribution in [0.3, 0.4) is 0 Å². The van der Waals surface area contributed by atoms with Crippen LogP contribution in [0.1, 0.15) is 16.6 Å². The molecule has 0 saturated heterocycles. The number of hydrogen-bond donors (Lipinski definition) is 1. The number of likely N-dealkylation sites (N-methyl/N-ethyl adjacent to an activating group) is 1. The van der Waals surface area contributed by atoms with Gasteiger partial charge < -0.3 is 5.32 Å². The second kappa shape index (κ2) is 4.55. The summed E-state index contributed by atoms with van der Waals surface area (Å²) >= 11 is 1.69. The second-order valence-electron chi connectivity index (χ2n) is 3.42. The van der Waals surface area contributed by atoms with Crippen molar-refractivity contribution < 1.29 is 0 Å². The van der Waals surface area contributed by atoms with Crippen molar-refractivity contribution in [2.45, 2.75) is 12.5 Å². The van der Waals surface area contributed by atoms with Crippen molar-refractivity contribution >= 4 is 11.3 Å². The molecule has 0 aliphatic heterocycles. The summed E-state index contributed by atoms with van der Waals surface area (Å²) in [6, 6.07) is 0.296. The highest BCUT2D eigenvalue weighted by molar-refractivity contribution is 7.09. The van der Waals surface area contributed by atoms with Gasteiger partial charge in [0.25, 0.3) is 0 Å². The molecular weight excluding hydrogens is 208 g/mol. The Morgan fingerprint density at radius 3 is 3.00 bits per heavy atom. The molecule has 5 heteroatoms. The predicted octanol–water partition coefficient (Wildman–Crippen LogP) is 1.38. The topological polar surface area (TPSA) is 42.7 Å². The van der Waals surface area contributed by atoms with Crippen LogP contribution < -0.4 is 5.32 Å². The van der Waals surface area contributed by atoms with Gasteiger partial charge in [-0.1, -0.05) is 0 Å². The summed E-state index contributed by atoms with van der Waals surface area (Å²) < 4.78 is 1.82. The van der Waals surface area contributed by atoms with E-state index >= 15 is 0 Å². The second-order valence-corrected chi connectivity index (χ2v) is 4.40. The molecule has 0 spiro atoms. The van der Waals surface area contributed by atoms with E-state index in [9.17, 15) is 0 Å². The molecule has 0 radical (unpaired) electrons. The number of hydrogen-bond acceptors (Lipinski definition) is 4. The zero-order chi connectivity index (χ0) is 10.7. The molecule has 0 fully saturated rings. The highest BCUT2D eigenvalue weighted by Crippen LogP contribution is 2.18. The molecule has 2 aromatic heterocycles. The van der Waals surface area contributed by atoms with Crippen molar-refractivity contribution in [1.82, 2.24) is 20.1 Å². The zero-order valence-corrected chi connectivity index (χ0v) is 9.66. The first-order valence-corrected chi connectivity index (χ1v) is 5.71. The molecule has 2 aromatic rings. The third kappa shape index (κ3) is 2.43. The van der Waals surface area contributed by atoms with Crippen molar-refractivity contribution in [1.29, 1.82) is 0 Å². The maximum Gasteiger partial charge on any atom is 0.0943 e. The summed E-state index contributed by atoms with van der Waals surface area (Å²) in [4.78, 5) is 4.29. The largest absolute Gasteiger partial charge is 0.313 e. The summed E-state index contributed by atoms with van der Waals surface area (Å²) in [7, 11) is 3.89. The van der Waals surface area contributed by atoms with Gasteiger partial charge in [-0.3, -0.25) is 4.68 Å². The van der Waals surface area contributed by atoms with E-state index in [-0.39, 0.29) is 0 Å². The lowest BCUT2D eigenvalue weighted by Gasteiger charge is -2.12. The lowest BCUT2D eigenvalue weighted by molar-refractivity contribution is 0.589. The highest BCUT2D eigenvalue weighted by atomic mass is 32.1. The number of thiazole rings is 1. The van der Waals surface area contributed by atoms with Crippen LogP contribution in [0, 0.1) is 0 Å². The fraction of sp³-hybridized carbons (Fsp3) is 0.400. The van der Waals surface area contributed by atoms with Crippen LogP contribution in [0.5, 0.6) is 0 Å². The van der Waals surface area contributed by atoms with Gasteiger partial charge in [0.1, 0.15) is 0 Å². The van der Waals surface area contributed by atoms with E-state index in [2.05, 4.69) is 15.4 Å². The minimum absolute atomic E-state index is 0.296. The van der Waals surface area contributed by atoms with E-state index in [4.69, 9.17) is 0 Å². The summed E-state index contributed by atoms with van der Waals surface area (Å²) in [5, 5.41) is 10.6. The summed E-state index contributed by atoms with van der Waals surface area (Å²) in [5.41, 5.74) is 1.20. The fourth-order valence-corrected chi connectivity index (χ4v) is 2.20. The van der Waals surface area contributed by atoms with Crippen LogP contribution in [-0.2, 0) is 13.5 Å². The van der Waals surface area contributed by atoms with E-state index in [1.165, 1.54) is 5.56 Å². The Labute approximate surface area is 93.0 Å². The molecule has 0 amide bonds. The van der Waals surface area contributed by atoms with Crippen LogP contribution in [0.15, 0.2) is 24.0 Å². The molecule has 2 rings (SSSR count). The minimum atomic E-state index is 0.296. The molecule has 0 aliphatic carbocycles. The Balaban J connectivity index is 2.11. The van der Waals surface area contributed by atoms with Crippen LogP contribution in [-0.4, -0.2) is 21.8 Å². The van der Waals surface area contributed by atoms with Gasteiger partial charge in [-0.05, 0) is 7.05 Å². The SMILES string of the molecule is CNC(Cc1nccs1)c1cnn(C)c1. The smallest absolute Gasteiger partial charge is 0.0943 e. The molecule has 0 saturated carbocycles. The van der Waals surface area contributed by atoms with Gasteiger partial charge in [-0.25, -0.2) is 4.98 Å². The first-order valence-electron chi connectivity index (χ1n) is 4.84. The summed E-state index contributed by atoms with van der Waals surface area (Å²) in [5.74, 6) is 0. The fourth-order valence-electron chi connectivity index (χ4n) is 1.54. The van der Waals surface area contributed by atoms with Gasteiger partial charge in [-0.15, -0.1) is 11.3 Å².